The lowest BCUT2D eigenvalue weighted by molar-refractivity contribution is -0.00559. The third-order valence-electron chi connectivity index (χ3n) is 3.42. The molecule has 1 aromatic carbocycles. The van der Waals surface area contributed by atoms with Gasteiger partial charge >= 0.3 is 0 Å². The summed E-state index contributed by atoms with van der Waals surface area (Å²) < 4.78 is 5.43. The number of aliphatic hydroxyl groups is 1. The number of ether oxygens (including phenoxy) is 1. The van der Waals surface area contributed by atoms with Crippen LogP contribution in [0, 0.1) is 0 Å². The molecule has 3 N–H and O–H groups in total. The number of rotatable bonds is 4. The fourth-order valence-corrected chi connectivity index (χ4v) is 2.32. The molecule has 1 amide bonds. The maximum absolute atomic E-state index is 12.3. The van der Waals surface area contributed by atoms with Crippen LogP contribution in [0.4, 0.5) is 0 Å². The van der Waals surface area contributed by atoms with Crippen molar-refractivity contribution >= 4 is 5.91 Å². The number of piperidine rings is 1. The number of phenolic OH excluding ortho intramolecular Hbond substituents is 2. The zero-order valence-electron chi connectivity index (χ0n) is 11.2. The number of hydrogen-bond acceptors (Lipinski definition) is 5. The van der Waals surface area contributed by atoms with Crippen LogP contribution in [0.3, 0.4) is 0 Å². The van der Waals surface area contributed by atoms with Gasteiger partial charge in [0.1, 0.15) is 0 Å². The SMILES string of the molecule is O=C(c1cccc(O)c1O)N1CCC(OCCO)CC1. The van der Waals surface area contributed by atoms with E-state index in [1.165, 1.54) is 18.2 Å². The van der Waals surface area contributed by atoms with Gasteiger partial charge in [0.15, 0.2) is 11.5 Å². The van der Waals surface area contributed by atoms with E-state index in [0.717, 1.165) is 0 Å². The van der Waals surface area contributed by atoms with E-state index in [1.54, 1.807) is 4.90 Å². The Morgan fingerprint density at radius 2 is 2.00 bits per heavy atom. The predicted octanol–water partition coefficient (Wildman–Crippen LogP) is 0.711. The number of carbonyl (C=O) groups excluding carboxylic acids is 1. The van der Waals surface area contributed by atoms with Gasteiger partial charge in [-0.3, -0.25) is 4.79 Å². The summed E-state index contributed by atoms with van der Waals surface area (Å²) in [5.41, 5.74) is 0.111. The Labute approximate surface area is 117 Å². The highest BCUT2D eigenvalue weighted by Crippen LogP contribution is 2.29. The van der Waals surface area contributed by atoms with Crippen molar-refractivity contribution in [3.63, 3.8) is 0 Å². The molecule has 110 valence electrons. The first kappa shape index (κ1) is 14.6. The second-order valence-electron chi connectivity index (χ2n) is 4.76. The van der Waals surface area contributed by atoms with Gasteiger partial charge in [-0.25, -0.2) is 0 Å². The average Bonchev–Trinajstić information content (AvgIpc) is 2.48. The lowest BCUT2D eigenvalue weighted by atomic mass is 10.1. The molecule has 6 heteroatoms. The minimum atomic E-state index is -0.379. The fraction of sp³-hybridized carbons (Fsp3) is 0.500. The Hall–Kier alpha value is -1.79. The monoisotopic (exact) mass is 281 g/mol. The standard InChI is InChI=1S/C14H19NO5/c16-8-9-20-10-4-6-15(7-5-10)14(19)11-2-1-3-12(17)13(11)18/h1-3,10,16-18H,4-9H2. The second kappa shape index (κ2) is 6.58. The van der Waals surface area contributed by atoms with E-state index in [9.17, 15) is 15.0 Å². The van der Waals surface area contributed by atoms with Crippen LogP contribution in [0.25, 0.3) is 0 Å². The number of phenols is 2. The van der Waals surface area contributed by atoms with E-state index in [4.69, 9.17) is 9.84 Å². The molecule has 1 fully saturated rings. The highest BCUT2D eigenvalue weighted by Gasteiger charge is 2.26. The number of nitrogens with zero attached hydrogens (tertiary/aromatic N) is 1. The number of para-hydroxylation sites is 1. The van der Waals surface area contributed by atoms with Gasteiger partial charge in [-0.05, 0) is 25.0 Å². The molecule has 2 rings (SSSR count). The number of benzene rings is 1. The van der Waals surface area contributed by atoms with Crippen molar-refractivity contribution in [2.75, 3.05) is 26.3 Å². The van der Waals surface area contributed by atoms with Gasteiger partial charge in [-0.15, -0.1) is 0 Å². The highest BCUT2D eigenvalue weighted by molar-refractivity contribution is 5.97. The third-order valence-corrected chi connectivity index (χ3v) is 3.42. The lowest BCUT2D eigenvalue weighted by Crippen LogP contribution is -2.41. The summed E-state index contributed by atoms with van der Waals surface area (Å²) in [4.78, 5) is 13.9. The maximum Gasteiger partial charge on any atom is 0.257 e. The van der Waals surface area contributed by atoms with Crippen LogP contribution >= 0.6 is 0 Å². The van der Waals surface area contributed by atoms with Gasteiger partial charge in [0.05, 0.1) is 24.9 Å². The van der Waals surface area contributed by atoms with Crippen molar-refractivity contribution in [2.45, 2.75) is 18.9 Å². The minimum Gasteiger partial charge on any atom is -0.504 e. The normalized spacial score (nSPS) is 16.4. The van der Waals surface area contributed by atoms with Crippen molar-refractivity contribution in [3.8, 4) is 11.5 Å². The number of carbonyl (C=O) groups is 1. The van der Waals surface area contributed by atoms with Crippen LogP contribution in [0.1, 0.15) is 23.2 Å². The van der Waals surface area contributed by atoms with E-state index in [1.807, 2.05) is 0 Å². The van der Waals surface area contributed by atoms with Crippen molar-refractivity contribution in [2.24, 2.45) is 0 Å². The van der Waals surface area contributed by atoms with Gasteiger partial charge in [0, 0.05) is 13.1 Å². The molecule has 0 saturated carbocycles. The summed E-state index contributed by atoms with van der Waals surface area (Å²) in [6.45, 7) is 1.37. The van der Waals surface area contributed by atoms with Gasteiger partial charge in [-0.1, -0.05) is 6.07 Å². The maximum atomic E-state index is 12.3. The van der Waals surface area contributed by atoms with E-state index >= 15 is 0 Å². The van der Waals surface area contributed by atoms with Gasteiger partial charge in [-0.2, -0.15) is 0 Å². The molecule has 0 aromatic heterocycles. The molecule has 0 aliphatic carbocycles. The number of aromatic hydroxyl groups is 2. The van der Waals surface area contributed by atoms with E-state index < -0.39 is 0 Å². The first-order chi connectivity index (χ1) is 9.63. The topological polar surface area (TPSA) is 90.2 Å². The molecule has 0 radical (unpaired) electrons. The summed E-state index contributed by atoms with van der Waals surface area (Å²) in [7, 11) is 0. The molecule has 20 heavy (non-hydrogen) atoms. The molecule has 6 nitrogen and oxygen atoms in total. The molecule has 0 unspecified atom stereocenters. The first-order valence-corrected chi connectivity index (χ1v) is 6.66. The molecular weight excluding hydrogens is 262 g/mol. The van der Waals surface area contributed by atoms with Gasteiger partial charge < -0.3 is 25.0 Å². The summed E-state index contributed by atoms with van der Waals surface area (Å²) in [5.74, 6) is -0.966. The van der Waals surface area contributed by atoms with E-state index in [0.29, 0.717) is 32.5 Å². The Balaban J connectivity index is 1.96. The fourth-order valence-electron chi connectivity index (χ4n) is 2.32. The van der Waals surface area contributed by atoms with Crippen LogP contribution < -0.4 is 0 Å². The summed E-state index contributed by atoms with van der Waals surface area (Å²) >= 11 is 0. The molecule has 0 atom stereocenters. The molecule has 1 aromatic rings. The van der Waals surface area contributed by atoms with Crippen molar-refractivity contribution in [3.05, 3.63) is 23.8 Å². The number of likely N-dealkylation sites (tertiary alicyclic amines) is 1. The quantitative estimate of drug-likeness (QED) is 0.707. The van der Waals surface area contributed by atoms with Crippen LogP contribution in [-0.4, -0.2) is 58.5 Å². The van der Waals surface area contributed by atoms with Crippen LogP contribution in [0.5, 0.6) is 11.5 Å². The summed E-state index contributed by atoms with van der Waals surface area (Å²) in [6, 6.07) is 4.35. The summed E-state index contributed by atoms with van der Waals surface area (Å²) in [6.07, 6.45) is 1.46. The number of aliphatic hydroxyl groups excluding tert-OH is 1. The van der Waals surface area contributed by atoms with Gasteiger partial charge in [0.2, 0.25) is 0 Å². The molecule has 0 bridgehead atoms. The molecule has 1 heterocycles. The zero-order valence-corrected chi connectivity index (χ0v) is 11.2. The molecule has 0 spiro atoms. The smallest absolute Gasteiger partial charge is 0.257 e. The Morgan fingerprint density at radius 1 is 1.30 bits per heavy atom. The molecule has 1 saturated heterocycles. The second-order valence-corrected chi connectivity index (χ2v) is 4.76. The number of amides is 1. The lowest BCUT2D eigenvalue weighted by Gasteiger charge is -2.32. The first-order valence-electron chi connectivity index (χ1n) is 6.66. The average molecular weight is 281 g/mol. The largest absolute Gasteiger partial charge is 0.504 e. The predicted molar refractivity (Wildman–Crippen MR) is 71.7 cm³/mol. The Morgan fingerprint density at radius 3 is 2.65 bits per heavy atom. The van der Waals surface area contributed by atoms with E-state index in [2.05, 4.69) is 0 Å². The van der Waals surface area contributed by atoms with Crippen LogP contribution in [0.15, 0.2) is 18.2 Å². The van der Waals surface area contributed by atoms with Crippen molar-refractivity contribution < 1.29 is 24.9 Å². The molecule has 1 aliphatic rings. The minimum absolute atomic E-state index is 0.00366. The van der Waals surface area contributed by atoms with Crippen LogP contribution in [-0.2, 0) is 4.74 Å². The molecular formula is C14H19NO5. The Kier molecular flexibility index (Phi) is 4.81. The number of hydrogen-bond donors (Lipinski definition) is 3. The van der Waals surface area contributed by atoms with E-state index in [-0.39, 0.29) is 35.7 Å². The van der Waals surface area contributed by atoms with Crippen molar-refractivity contribution in [1.29, 1.82) is 0 Å². The summed E-state index contributed by atoms with van der Waals surface area (Å²) in [5, 5.41) is 27.8. The third kappa shape index (κ3) is 3.20. The highest BCUT2D eigenvalue weighted by atomic mass is 16.5. The zero-order chi connectivity index (χ0) is 14.5. The van der Waals surface area contributed by atoms with Crippen LogP contribution in [0.2, 0.25) is 0 Å². The van der Waals surface area contributed by atoms with Crippen molar-refractivity contribution in [1.82, 2.24) is 4.90 Å². The molecule has 1 aliphatic heterocycles. The Bertz CT molecular complexity index is 469. The van der Waals surface area contributed by atoms with Gasteiger partial charge in [0.25, 0.3) is 5.91 Å².